The normalized spacial score (nSPS) is 23.2. The number of aliphatic carboxylic acids is 1. The average Bonchev–Trinajstić information content (AvgIpc) is 2.38. The quantitative estimate of drug-likeness (QED) is 0.907. The second-order valence-electron chi connectivity index (χ2n) is 6.21. The third-order valence-corrected chi connectivity index (χ3v) is 4.87. The highest BCUT2D eigenvalue weighted by atomic mass is 16.4. The summed E-state index contributed by atoms with van der Waals surface area (Å²) in [6.45, 7) is 3.25. The van der Waals surface area contributed by atoms with Crippen LogP contribution in [0.2, 0.25) is 0 Å². The van der Waals surface area contributed by atoms with Crippen LogP contribution in [0.5, 0.6) is 0 Å². The first kappa shape index (κ1) is 12.7. The van der Waals surface area contributed by atoms with Crippen LogP contribution in [0.3, 0.4) is 0 Å². The summed E-state index contributed by atoms with van der Waals surface area (Å²) in [7, 11) is 0. The van der Waals surface area contributed by atoms with E-state index in [1.807, 2.05) is 0 Å². The van der Waals surface area contributed by atoms with Gasteiger partial charge in [-0.25, -0.2) is 0 Å². The van der Waals surface area contributed by atoms with Crippen molar-refractivity contribution in [3.63, 3.8) is 0 Å². The van der Waals surface area contributed by atoms with Gasteiger partial charge in [0.2, 0.25) is 0 Å². The van der Waals surface area contributed by atoms with Crippen LogP contribution in [0.4, 0.5) is 0 Å². The molecule has 2 aliphatic rings. The fraction of sp³-hybridized carbons (Fsp3) is 0.562. The zero-order valence-corrected chi connectivity index (χ0v) is 11.2. The van der Waals surface area contributed by atoms with E-state index >= 15 is 0 Å². The Balaban J connectivity index is 1.49. The van der Waals surface area contributed by atoms with Gasteiger partial charge in [0.15, 0.2) is 0 Å². The topological polar surface area (TPSA) is 40.5 Å². The zero-order valence-electron chi connectivity index (χ0n) is 11.2. The third kappa shape index (κ3) is 2.66. The molecule has 1 aliphatic heterocycles. The highest BCUT2D eigenvalue weighted by Crippen LogP contribution is 2.52. The molecule has 3 rings (SSSR count). The van der Waals surface area contributed by atoms with Crippen molar-refractivity contribution < 1.29 is 9.90 Å². The van der Waals surface area contributed by atoms with Crippen LogP contribution < -0.4 is 0 Å². The predicted octanol–water partition coefficient (Wildman–Crippen LogP) is 2.76. The third-order valence-electron chi connectivity index (χ3n) is 4.87. The number of rotatable bonds is 3. The van der Waals surface area contributed by atoms with Gasteiger partial charge in [0, 0.05) is 6.54 Å². The van der Waals surface area contributed by atoms with Gasteiger partial charge in [-0.1, -0.05) is 30.3 Å². The molecule has 0 atom stereocenters. The van der Waals surface area contributed by atoms with Gasteiger partial charge in [0.05, 0.1) is 5.92 Å². The summed E-state index contributed by atoms with van der Waals surface area (Å²) < 4.78 is 0. The van der Waals surface area contributed by atoms with Crippen LogP contribution in [-0.2, 0) is 11.3 Å². The fourth-order valence-electron chi connectivity index (χ4n) is 3.60. The van der Waals surface area contributed by atoms with Crippen molar-refractivity contribution in [2.75, 3.05) is 13.1 Å². The van der Waals surface area contributed by atoms with E-state index in [0.717, 1.165) is 32.5 Å². The Kier molecular flexibility index (Phi) is 3.31. The minimum Gasteiger partial charge on any atom is -0.481 e. The average molecular weight is 259 g/mol. The maximum atomic E-state index is 10.9. The lowest BCUT2D eigenvalue weighted by atomic mass is 9.57. The standard InChI is InChI=1S/C16H21NO2/c18-15(19)14-10-16(11-14)6-8-17(9-7-16)12-13-4-2-1-3-5-13/h1-5,14H,6-12H2,(H,18,19). The first-order valence-corrected chi connectivity index (χ1v) is 7.16. The Morgan fingerprint density at radius 1 is 1.21 bits per heavy atom. The van der Waals surface area contributed by atoms with E-state index in [1.165, 1.54) is 18.4 Å². The molecule has 1 saturated carbocycles. The molecule has 0 unspecified atom stereocenters. The molecule has 1 aromatic carbocycles. The number of piperidine rings is 1. The van der Waals surface area contributed by atoms with Crippen LogP contribution in [0, 0.1) is 11.3 Å². The first-order chi connectivity index (χ1) is 9.17. The highest BCUT2D eigenvalue weighted by Gasteiger charge is 2.48. The van der Waals surface area contributed by atoms with Gasteiger partial charge >= 0.3 is 5.97 Å². The van der Waals surface area contributed by atoms with E-state index in [-0.39, 0.29) is 5.92 Å². The molecule has 1 aliphatic carbocycles. The van der Waals surface area contributed by atoms with Crippen molar-refractivity contribution in [1.29, 1.82) is 0 Å². The van der Waals surface area contributed by atoms with Gasteiger partial charge in [0.25, 0.3) is 0 Å². The summed E-state index contributed by atoms with van der Waals surface area (Å²) in [5.41, 5.74) is 1.73. The molecular formula is C16H21NO2. The van der Waals surface area contributed by atoms with E-state index in [1.54, 1.807) is 0 Å². The number of carbonyl (C=O) groups is 1. The van der Waals surface area contributed by atoms with E-state index in [0.29, 0.717) is 5.41 Å². The Labute approximate surface area is 114 Å². The van der Waals surface area contributed by atoms with E-state index in [4.69, 9.17) is 5.11 Å². The van der Waals surface area contributed by atoms with Crippen molar-refractivity contribution in [1.82, 2.24) is 4.90 Å². The molecule has 1 heterocycles. The number of benzene rings is 1. The van der Waals surface area contributed by atoms with Gasteiger partial charge in [0.1, 0.15) is 0 Å². The Hall–Kier alpha value is -1.35. The van der Waals surface area contributed by atoms with Crippen molar-refractivity contribution in [2.24, 2.45) is 11.3 Å². The van der Waals surface area contributed by atoms with Gasteiger partial charge in [-0.15, -0.1) is 0 Å². The molecular weight excluding hydrogens is 238 g/mol. The molecule has 1 saturated heterocycles. The summed E-state index contributed by atoms with van der Waals surface area (Å²) >= 11 is 0. The van der Waals surface area contributed by atoms with Gasteiger partial charge in [-0.3, -0.25) is 9.69 Å². The molecule has 3 heteroatoms. The van der Waals surface area contributed by atoms with Crippen molar-refractivity contribution in [3.8, 4) is 0 Å². The summed E-state index contributed by atoms with van der Waals surface area (Å²) in [5, 5.41) is 8.98. The molecule has 1 spiro atoms. The Morgan fingerprint density at radius 2 is 1.84 bits per heavy atom. The van der Waals surface area contributed by atoms with Crippen LogP contribution in [0.15, 0.2) is 30.3 Å². The van der Waals surface area contributed by atoms with Crippen LogP contribution in [-0.4, -0.2) is 29.1 Å². The molecule has 1 N–H and O–H groups in total. The number of carboxylic acids is 1. The predicted molar refractivity (Wildman–Crippen MR) is 73.7 cm³/mol. The zero-order chi connectivity index (χ0) is 13.3. The Morgan fingerprint density at radius 3 is 2.42 bits per heavy atom. The molecule has 2 fully saturated rings. The largest absolute Gasteiger partial charge is 0.481 e. The van der Waals surface area contributed by atoms with E-state index in [2.05, 4.69) is 35.2 Å². The first-order valence-electron chi connectivity index (χ1n) is 7.16. The van der Waals surface area contributed by atoms with Crippen LogP contribution in [0.25, 0.3) is 0 Å². The van der Waals surface area contributed by atoms with Crippen molar-refractivity contribution in [3.05, 3.63) is 35.9 Å². The summed E-state index contributed by atoms with van der Waals surface area (Å²) in [4.78, 5) is 13.4. The van der Waals surface area contributed by atoms with Gasteiger partial charge in [-0.2, -0.15) is 0 Å². The fourth-order valence-corrected chi connectivity index (χ4v) is 3.60. The van der Waals surface area contributed by atoms with E-state index in [9.17, 15) is 4.79 Å². The van der Waals surface area contributed by atoms with Crippen LogP contribution >= 0.6 is 0 Å². The van der Waals surface area contributed by atoms with Gasteiger partial charge < -0.3 is 5.11 Å². The highest BCUT2D eigenvalue weighted by molar-refractivity contribution is 5.71. The lowest BCUT2D eigenvalue weighted by Gasteiger charge is -2.51. The maximum absolute atomic E-state index is 10.9. The van der Waals surface area contributed by atoms with Gasteiger partial charge in [-0.05, 0) is 49.8 Å². The summed E-state index contributed by atoms with van der Waals surface area (Å²) in [5.74, 6) is -0.669. The lowest BCUT2D eigenvalue weighted by molar-refractivity contribution is -0.152. The monoisotopic (exact) mass is 259 g/mol. The maximum Gasteiger partial charge on any atom is 0.306 e. The second kappa shape index (κ2) is 4.97. The van der Waals surface area contributed by atoms with E-state index < -0.39 is 5.97 Å². The number of hydrogen-bond donors (Lipinski definition) is 1. The molecule has 0 amide bonds. The number of hydrogen-bond acceptors (Lipinski definition) is 2. The molecule has 102 valence electrons. The second-order valence-corrected chi connectivity index (χ2v) is 6.21. The number of likely N-dealkylation sites (tertiary alicyclic amines) is 1. The summed E-state index contributed by atoms with van der Waals surface area (Å²) in [6, 6.07) is 10.6. The molecule has 0 bridgehead atoms. The molecule has 0 radical (unpaired) electrons. The van der Waals surface area contributed by atoms with Crippen molar-refractivity contribution in [2.45, 2.75) is 32.2 Å². The lowest BCUT2D eigenvalue weighted by Crippen LogP contribution is -2.48. The minimum absolute atomic E-state index is 0.0688. The Bertz CT molecular complexity index is 441. The smallest absolute Gasteiger partial charge is 0.306 e. The molecule has 0 aromatic heterocycles. The minimum atomic E-state index is -0.600. The molecule has 19 heavy (non-hydrogen) atoms. The SMILES string of the molecule is O=C(O)C1CC2(CCN(Cc3ccccc3)CC2)C1. The summed E-state index contributed by atoms with van der Waals surface area (Å²) in [6.07, 6.45) is 4.15. The number of nitrogens with zero attached hydrogens (tertiary/aromatic N) is 1. The number of carboxylic acid groups (broad SMARTS) is 1. The molecule has 3 nitrogen and oxygen atoms in total. The van der Waals surface area contributed by atoms with Crippen molar-refractivity contribution >= 4 is 5.97 Å². The van der Waals surface area contributed by atoms with Crippen LogP contribution in [0.1, 0.15) is 31.2 Å². The molecule has 1 aromatic rings.